The topological polar surface area (TPSA) is 51.3 Å². The smallest absolute Gasteiger partial charge is 0.275 e. The summed E-state index contributed by atoms with van der Waals surface area (Å²) in [5.41, 5.74) is 7.07. The van der Waals surface area contributed by atoms with Gasteiger partial charge in [0.05, 0.1) is 17.4 Å². The molecule has 4 nitrogen and oxygen atoms in total. The molecule has 1 aliphatic heterocycles. The van der Waals surface area contributed by atoms with Crippen LogP contribution in [0, 0.1) is 0 Å². The highest BCUT2D eigenvalue weighted by Gasteiger charge is 2.22. The van der Waals surface area contributed by atoms with Crippen LogP contribution in [0.25, 0.3) is 10.9 Å². The molecule has 0 aliphatic carbocycles. The van der Waals surface area contributed by atoms with Gasteiger partial charge in [-0.2, -0.15) is 0 Å². The Kier molecular flexibility index (Phi) is 3.03. The third-order valence-electron chi connectivity index (χ3n) is 4.02. The van der Waals surface area contributed by atoms with Crippen LogP contribution < -0.4 is 11.3 Å². The van der Waals surface area contributed by atoms with Crippen molar-refractivity contribution in [1.29, 1.82) is 0 Å². The summed E-state index contributed by atoms with van der Waals surface area (Å²) >= 11 is 0. The van der Waals surface area contributed by atoms with Crippen LogP contribution in [0.3, 0.4) is 0 Å². The number of likely N-dealkylation sites (tertiary alicyclic amines) is 1. The molecular weight excluding hydrogens is 238 g/mol. The third kappa shape index (κ3) is 2.02. The van der Waals surface area contributed by atoms with Crippen molar-refractivity contribution in [1.82, 2.24) is 9.47 Å². The van der Waals surface area contributed by atoms with E-state index >= 15 is 0 Å². The van der Waals surface area contributed by atoms with E-state index in [0.717, 1.165) is 24.0 Å². The molecule has 1 aliphatic rings. The second-order valence-corrected chi connectivity index (χ2v) is 5.21. The molecule has 2 heterocycles. The third-order valence-corrected chi connectivity index (χ3v) is 4.02. The molecule has 1 aromatic heterocycles. The first-order chi connectivity index (χ1) is 9.18. The molecule has 0 bridgehead atoms. The van der Waals surface area contributed by atoms with Gasteiger partial charge in [-0.3, -0.25) is 14.3 Å². The van der Waals surface area contributed by atoms with Crippen LogP contribution in [-0.2, 0) is 0 Å². The molecule has 1 saturated heterocycles. The molecule has 0 radical (unpaired) electrons. The summed E-state index contributed by atoms with van der Waals surface area (Å²) in [4.78, 5) is 14.7. The maximum absolute atomic E-state index is 12.4. The highest BCUT2D eigenvalue weighted by molar-refractivity contribution is 5.81. The van der Waals surface area contributed by atoms with Crippen molar-refractivity contribution < 1.29 is 0 Å². The number of benzene rings is 1. The van der Waals surface area contributed by atoms with Gasteiger partial charge in [-0.1, -0.05) is 18.2 Å². The number of hydrogen-bond donors (Lipinski definition) is 1. The molecule has 0 amide bonds. The monoisotopic (exact) mass is 257 g/mol. The summed E-state index contributed by atoms with van der Waals surface area (Å²) < 4.78 is 1.83. The maximum atomic E-state index is 12.4. The number of nitrogens with zero attached hydrogens (tertiary/aromatic N) is 2. The number of para-hydroxylation sites is 1. The van der Waals surface area contributed by atoms with Crippen LogP contribution >= 0.6 is 0 Å². The molecule has 0 spiro atoms. The molecule has 1 fully saturated rings. The Morgan fingerprint density at radius 2 is 1.89 bits per heavy atom. The number of pyridine rings is 1. The summed E-state index contributed by atoms with van der Waals surface area (Å²) in [5, 5.41) is 1.02. The highest BCUT2D eigenvalue weighted by Crippen LogP contribution is 2.23. The summed E-state index contributed by atoms with van der Waals surface area (Å²) in [7, 11) is 0. The van der Waals surface area contributed by atoms with Gasteiger partial charge in [-0.25, -0.2) is 0 Å². The normalized spacial score (nSPS) is 17.9. The lowest BCUT2D eigenvalue weighted by atomic mass is 10.2. The number of aromatic nitrogens is 1. The molecule has 1 aromatic carbocycles. The Bertz CT molecular complexity index is 656. The summed E-state index contributed by atoms with van der Waals surface area (Å²) in [5.74, 6) is 0. The van der Waals surface area contributed by atoms with Crippen molar-refractivity contribution in [2.24, 2.45) is 0 Å². The zero-order valence-corrected chi connectivity index (χ0v) is 11.2. The van der Waals surface area contributed by atoms with Crippen LogP contribution in [0.2, 0.25) is 0 Å². The summed E-state index contributed by atoms with van der Waals surface area (Å²) in [6.07, 6.45) is 2.47. The van der Waals surface area contributed by atoms with Gasteiger partial charge >= 0.3 is 0 Å². The van der Waals surface area contributed by atoms with Gasteiger partial charge in [0.25, 0.3) is 5.56 Å². The van der Waals surface area contributed by atoms with Gasteiger partial charge in [-0.15, -0.1) is 0 Å². The Balaban J connectivity index is 2.20. The van der Waals surface area contributed by atoms with Crippen LogP contribution in [0.1, 0.15) is 25.9 Å². The lowest BCUT2D eigenvalue weighted by Crippen LogP contribution is -2.35. The highest BCUT2D eigenvalue weighted by atomic mass is 16.1. The maximum Gasteiger partial charge on any atom is 0.275 e. The van der Waals surface area contributed by atoms with Crippen molar-refractivity contribution in [3.63, 3.8) is 0 Å². The van der Waals surface area contributed by atoms with E-state index in [2.05, 4.69) is 11.8 Å². The molecule has 100 valence electrons. The van der Waals surface area contributed by atoms with E-state index in [-0.39, 0.29) is 11.7 Å². The Morgan fingerprint density at radius 1 is 1.21 bits per heavy atom. The molecule has 2 aromatic rings. The van der Waals surface area contributed by atoms with Crippen molar-refractivity contribution in [3.05, 3.63) is 40.7 Å². The zero-order chi connectivity index (χ0) is 13.4. The van der Waals surface area contributed by atoms with Gasteiger partial charge in [-0.05, 0) is 31.9 Å². The van der Waals surface area contributed by atoms with Crippen LogP contribution in [-0.4, -0.2) is 22.6 Å². The lowest BCUT2D eigenvalue weighted by Gasteiger charge is -2.27. The second kappa shape index (κ2) is 4.70. The molecule has 1 atom stereocenters. The molecule has 1 unspecified atom stereocenters. The van der Waals surface area contributed by atoms with E-state index in [4.69, 9.17) is 5.73 Å². The van der Waals surface area contributed by atoms with E-state index in [1.54, 1.807) is 6.07 Å². The number of nitrogen functional groups attached to an aromatic ring is 1. The van der Waals surface area contributed by atoms with Crippen LogP contribution in [0.5, 0.6) is 0 Å². The Hall–Kier alpha value is -1.81. The molecule has 2 N–H and O–H groups in total. The minimum atomic E-state index is -0.0851. The predicted molar refractivity (Wildman–Crippen MR) is 78.1 cm³/mol. The van der Waals surface area contributed by atoms with E-state index in [9.17, 15) is 4.79 Å². The molecule has 4 heteroatoms. The number of hydrogen-bond acceptors (Lipinski definition) is 3. The SMILES string of the molecule is CC(N1CCCC1)n1c(=O)c(N)cc2ccccc21. The summed E-state index contributed by atoms with van der Waals surface area (Å²) in [6, 6.07) is 9.69. The minimum Gasteiger partial charge on any atom is -0.394 e. The van der Waals surface area contributed by atoms with Crippen molar-refractivity contribution in [3.8, 4) is 0 Å². The fraction of sp³-hybridized carbons (Fsp3) is 0.400. The van der Waals surface area contributed by atoms with Crippen LogP contribution in [0.15, 0.2) is 35.1 Å². The number of fused-ring (bicyclic) bond motifs is 1. The first-order valence-corrected chi connectivity index (χ1v) is 6.82. The van der Waals surface area contributed by atoms with Gasteiger partial charge in [0.1, 0.15) is 0 Å². The first kappa shape index (κ1) is 12.2. The average Bonchev–Trinajstić information content (AvgIpc) is 2.93. The average molecular weight is 257 g/mol. The fourth-order valence-electron chi connectivity index (χ4n) is 2.96. The van der Waals surface area contributed by atoms with Gasteiger partial charge in [0.15, 0.2) is 0 Å². The van der Waals surface area contributed by atoms with E-state index in [0.29, 0.717) is 5.69 Å². The second-order valence-electron chi connectivity index (χ2n) is 5.21. The van der Waals surface area contributed by atoms with Crippen LogP contribution in [0.4, 0.5) is 5.69 Å². The van der Waals surface area contributed by atoms with E-state index in [1.807, 2.05) is 28.8 Å². The van der Waals surface area contributed by atoms with Crippen molar-refractivity contribution in [2.45, 2.75) is 25.9 Å². The van der Waals surface area contributed by atoms with Crippen molar-refractivity contribution in [2.75, 3.05) is 18.8 Å². The Labute approximate surface area is 112 Å². The largest absolute Gasteiger partial charge is 0.394 e. The van der Waals surface area contributed by atoms with E-state index < -0.39 is 0 Å². The van der Waals surface area contributed by atoms with Gasteiger partial charge in [0, 0.05) is 18.5 Å². The van der Waals surface area contributed by atoms with Crippen molar-refractivity contribution >= 4 is 16.6 Å². The standard InChI is InChI=1S/C15H19N3O/c1-11(17-8-4-5-9-17)18-14-7-3-2-6-12(14)10-13(16)15(18)19/h2-3,6-7,10-11H,4-5,8-9,16H2,1H3. The predicted octanol–water partition coefficient (Wildman–Crippen LogP) is 2.20. The molecular formula is C15H19N3O. The molecule has 19 heavy (non-hydrogen) atoms. The number of nitrogens with two attached hydrogens (primary N) is 1. The lowest BCUT2D eigenvalue weighted by molar-refractivity contribution is 0.195. The molecule has 3 rings (SSSR count). The number of rotatable bonds is 2. The Morgan fingerprint density at radius 3 is 2.63 bits per heavy atom. The minimum absolute atomic E-state index is 0.0587. The quantitative estimate of drug-likeness (QED) is 0.897. The number of anilines is 1. The van der Waals surface area contributed by atoms with Gasteiger partial charge < -0.3 is 5.73 Å². The zero-order valence-electron chi connectivity index (χ0n) is 11.2. The van der Waals surface area contributed by atoms with E-state index in [1.165, 1.54) is 12.8 Å². The fourth-order valence-corrected chi connectivity index (χ4v) is 2.96. The summed E-state index contributed by atoms with van der Waals surface area (Å²) in [6.45, 7) is 4.19. The van der Waals surface area contributed by atoms with Gasteiger partial charge in [0.2, 0.25) is 0 Å². The molecule has 0 saturated carbocycles. The first-order valence-electron chi connectivity index (χ1n) is 6.82.